The van der Waals surface area contributed by atoms with Crippen LogP contribution in [0.5, 0.6) is 5.75 Å². The van der Waals surface area contributed by atoms with Crippen LogP contribution in [0.25, 0.3) is 11.3 Å². The molecule has 0 aliphatic heterocycles. The summed E-state index contributed by atoms with van der Waals surface area (Å²) >= 11 is 1.03. The molecule has 5 rings (SSSR count). The number of benzene rings is 3. The van der Waals surface area contributed by atoms with E-state index in [2.05, 4.69) is 16.4 Å². The van der Waals surface area contributed by atoms with E-state index in [-0.39, 0.29) is 21.5 Å². The molecular weight excluding hydrogens is 503 g/mol. The van der Waals surface area contributed by atoms with Gasteiger partial charge in [-0.2, -0.15) is 0 Å². The van der Waals surface area contributed by atoms with Crippen LogP contribution in [0.3, 0.4) is 0 Å². The van der Waals surface area contributed by atoms with E-state index < -0.39 is 17.8 Å². The lowest BCUT2D eigenvalue weighted by atomic mass is 10.1. The number of rotatable bonds is 8. The molecule has 0 radical (unpaired) electrons. The van der Waals surface area contributed by atoms with Gasteiger partial charge in [0.25, 0.3) is 5.91 Å². The molecule has 0 saturated heterocycles. The van der Waals surface area contributed by atoms with E-state index in [1.165, 1.54) is 24.1 Å². The molecule has 7 nitrogen and oxygen atoms in total. The average molecular weight is 531 g/mol. The number of halogens is 1. The van der Waals surface area contributed by atoms with Gasteiger partial charge in [-0.1, -0.05) is 53.8 Å². The minimum atomic E-state index is -0.724. The Hall–Kier alpha value is -4.24. The number of ether oxygens (including phenoxy) is 1. The number of primary amides is 1. The number of hydrogen-bond donors (Lipinski definition) is 2. The van der Waals surface area contributed by atoms with E-state index in [1.807, 2.05) is 49.4 Å². The summed E-state index contributed by atoms with van der Waals surface area (Å²) in [6, 6.07) is 19.1. The molecule has 1 aliphatic rings. The maximum Gasteiger partial charge on any atom is 0.325 e. The molecule has 194 valence electrons. The van der Waals surface area contributed by atoms with Gasteiger partial charge in [-0.05, 0) is 66.6 Å². The number of hydrogen-bond acceptors (Lipinski definition) is 5. The first-order valence-corrected chi connectivity index (χ1v) is 13.0. The molecule has 1 fully saturated rings. The van der Waals surface area contributed by atoms with Crippen LogP contribution in [0.15, 0.2) is 66.7 Å². The number of urea groups is 1. The molecule has 38 heavy (non-hydrogen) atoms. The summed E-state index contributed by atoms with van der Waals surface area (Å²) in [5.41, 5.74) is 10.00. The molecule has 0 spiro atoms. The van der Waals surface area contributed by atoms with Crippen molar-refractivity contribution < 1.29 is 18.7 Å². The second-order valence-corrected chi connectivity index (χ2v) is 10.2. The Kier molecular flexibility index (Phi) is 7.11. The van der Waals surface area contributed by atoms with E-state index in [9.17, 15) is 14.0 Å². The standard InChI is InChI=1S/C29H27FN4O3S/c1-17-8-9-20(19-10-11-19)15-23(17)34(28(31)36)29-33-25(21-12-13-24(37-2)22(30)14-21)26(38-29)27(35)32-16-18-6-4-3-5-7-18/h3-9,12-15,19H,10-11,16H2,1-2H3,(H2,31,36)(H,32,35). The SMILES string of the molecule is COc1ccc(-c2nc(N(C(N)=O)c3cc(C4CC4)ccc3C)sc2C(=O)NCc2ccccc2)cc1F. The number of aromatic nitrogens is 1. The lowest BCUT2D eigenvalue weighted by Crippen LogP contribution is -2.32. The molecule has 0 unspecified atom stereocenters. The van der Waals surface area contributed by atoms with Gasteiger partial charge in [0, 0.05) is 12.1 Å². The summed E-state index contributed by atoms with van der Waals surface area (Å²) in [6.07, 6.45) is 2.21. The molecule has 3 amide bonds. The van der Waals surface area contributed by atoms with Gasteiger partial charge in [-0.3, -0.25) is 4.79 Å². The largest absolute Gasteiger partial charge is 0.494 e. The van der Waals surface area contributed by atoms with Crippen LogP contribution >= 0.6 is 11.3 Å². The summed E-state index contributed by atoms with van der Waals surface area (Å²) in [7, 11) is 1.38. The number of thiazole rings is 1. The topological polar surface area (TPSA) is 97.5 Å². The Morgan fingerprint density at radius 2 is 1.89 bits per heavy atom. The molecule has 1 saturated carbocycles. The summed E-state index contributed by atoms with van der Waals surface area (Å²) in [5.74, 6) is -0.435. The van der Waals surface area contributed by atoms with E-state index in [4.69, 9.17) is 10.5 Å². The first-order valence-electron chi connectivity index (χ1n) is 12.2. The number of nitrogens with zero attached hydrogens (tertiary/aromatic N) is 2. The third kappa shape index (κ3) is 5.24. The zero-order valence-electron chi connectivity index (χ0n) is 21.0. The molecular formula is C29H27FN4O3S. The number of carbonyl (C=O) groups excluding carboxylic acids is 2. The molecule has 3 N–H and O–H groups in total. The van der Waals surface area contributed by atoms with Crippen molar-refractivity contribution in [3.8, 4) is 17.0 Å². The van der Waals surface area contributed by atoms with Crippen molar-refractivity contribution in [3.63, 3.8) is 0 Å². The Bertz CT molecular complexity index is 1500. The van der Waals surface area contributed by atoms with Crippen LogP contribution < -0.4 is 20.7 Å². The van der Waals surface area contributed by atoms with Gasteiger partial charge < -0.3 is 15.8 Å². The fraction of sp³-hybridized carbons (Fsp3) is 0.207. The predicted molar refractivity (Wildman–Crippen MR) is 147 cm³/mol. The maximum absolute atomic E-state index is 14.6. The van der Waals surface area contributed by atoms with Crippen LogP contribution in [0.1, 0.15) is 45.1 Å². The molecule has 1 aromatic heterocycles. The quantitative estimate of drug-likeness (QED) is 0.280. The van der Waals surface area contributed by atoms with Crippen LogP contribution in [-0.2, 0) is 6.54 Å². The minimum Gasteiger partial charge on any atom is -0.494 e. The normalized spacial score (nSPS) is 12.7. The van der Waals surface area contributed by atoms with Crippen molar-refractivity contribution in [1.82, 2.24) is 10.3 Å². The Morgan fingerprint density at radius 3 is 2.55 bits per heavy atom. The molecule has 0 bridgehead atoms. The van der Waals surface area contributed by atoms with Crippen molar-refractivity contribution in [2.45, 2.75) is 32.2 Å². The van der Waals surface area contributed by atoms with Gasteiger partial charge in [0.1, 0.15) is 4.88 Å². The predicted octanol–water partition coefficient (Wildman–Crippen LogP) is 6.29. The molecule has 1 heterocycles. The highest BCUT2D eigenvalue weighted by atomic mass is 32.1. The maximum atomic E-state index is 14.6. The molecule has 3 aromatic carbocycles. The monoisotopic (exact) mass is 530 g/mol. The lowest BCUT2D eigenvalue weighted by molar-refractivity contribution is 0.0955. The fourth-order valence-electron chi connectivity index (χ4n) is 4.28. The summed E-state index contributed by atoms with van der Waals surface area (Å²) < 4.78 is 19.7. The highest BCUT2D eigenvalue weighted by Crippen LogP contribution is 2.43. The van der Waals surface area contributed by atoms with Gasteiger partial charge >= 0.3 is 6.03 Å². The van der Waals surface area contributed by atoms with Gasteiger partial charge in [-0.25, -0.2) is 19.1 Å². The van der Waals surface area contributed by atoms with Crippen LogP contribution in [0.4, 0.5) is 20.0 Å². The minimum absolute atomic E-state index is 0.0746. The fourth-order valence-corrected chi connectivity index (χ4v) is 5.30. The molecule has 0 atom stereocenters. The van der Waals surface area contributed by atoms with E-state index in [0.29, 0.717) is 23.7 Å². The highest BCUT2D eigenvalue weighted by molar-refractivity contribution is 7.18. The summed E-state index contributed by atoms with van der Waals surface area (Å²) in [5, 5.41) is 3.13. The molecule has 4 aromatic rings. The Morgan fingerprint density at radius 1 is 1.13 bits per heavy atom. The number of methoxy groups -OCH3 is 1. The first kappa shape index (κ1) is 25.4. The average Bonchev–Trinajstić information content (AvgIpc) is 3.68. The summed E-state index contributed by atoms with van der Waals surface area (Å²) in [4.78, 5) is 32.4. The van der Waals surface area contributed by atoms with E-state index in [1.54, 1.807) is 6.07 Å². The smallest absolute Gasteiger partial charge is 0.325 e. The number of anilines is 2. The third-order valence-corrected chi connectivity index (χ3v) is 7.52. The first-order chi connectivity index (χ1) is 18.4. The van der Waals surface area contributed by atoms with E-state index >= 15 is 0 Å². The van der Waals surface area contributed by atoms with Crippen LogP contribution in [-0.4, -0.2) is 24.0 Å². The third-order valence-electron chi connectivity index (χ3n) is 6.48. The Labute approximate surface area is 224 Å². The Balaban J connectivity index is 1.58. The summed E-state index contributed by atoms with van der Waals surface area (Å²) in [6.45, 7) is 2.19. The number of aryl methyl sites for hydroxylation is 1. The second kappa shape index (κ2) is 10.6. The molecule has 1 aliphatic carbocycles. The van der Waals surface area contributed by atoms with Crippen molar-refractivity contribution in [1.29, 1.82) is 0 Å². The molecule has 9 heteroatoms. The zero-order valence-corrected chi connectivity index (χ0v) is 21.8. The number of nitrogens with one attached hydrogen (secondary N) is 1. The number of nitrogens with two attached hydrogens (primary N) is 1. The van der Waals surface area contributed by atoms with Crippen molar-refractivity contribution >= 4 is 34.1 Å². The van der Waals surface area contributed by atoms with Gasteiger partial charge in [0.05, 0.1) is 18.5 Å². The number of amides is 3. The van der Waals surface area contributed by atoms with Crippen molar-refractivity contribution in [2.24, 2.45) is 5.73 Å². The van der Waals surface area contributed by atoms with Crippen LogP contribution in [0.2, 0.25) is 0 Å². The van der Waals surface area contributed by atoms with Gasteiger partial charge in [0.15, 0.2) is 16.7 Å². The number of carbonyl (C=O) groups is 2. The van der Waals surface area contributed by atoms with Gasteiger partial charge in [-0.15, -0.1) is 0 Å². The van der Waals surface area contributed by atoms with E-state index in [0.717, 1.165) is 40.9 Å². The highest BCUT2D eigenvalue weighted by Gasteiger charge is 2.29. The van der Waals surface area contributed by atoms with Crippen molar-refractivity contribution in [2.75, 3.05) is 12.0 Å². The van der Waals surface area contributed by atoms with Crippen LogP contribution in [0, 0.1) is 12.7 Å². The van der Waals surface area contributed by atoms with Gasteiger partial charge in [0.2, 0.25) is 0 Å². The van der Waals surface area contributed by atoms with Crippen molar-refractivity contribution in [3.05, 3.63) is 94.1 Å². The lowest BCUT2D eigenvalue weighted by Gasteiger charge is -2.20. The zero-order chi connectivity index (χ0) is 26.8. The second-order valence-electron chi connectivity index (χ2n) is 9.19.